The van der Waals surface area contributed by atoms with Gasteiger partial charge in [-0.2, -0.15) is 5.10 Å². The summed E-state index contributed by atoms with van der Waals surface area (Å²) in [6.45, 7) is 9.65. The average Bonchev–Trinajstić information content (AvgIpc) is 3.23. The summed E-state index contributed by atoms with van der Waals surface area (Å²) in [6.07, 6.45) is 2.03. The van der Waals surface area contributed by atoms with E-state index in [0.29, 0.717) is 6.04 Å². The van der Waals surface area contributed by atoms with Crippen LogP contribution in [-0.2, 0) is 6.54 Å². The molecule has 1 aliphatic heterocycles. The molecule has 1 saturated heterocycles. The second kappa shape index (κ2) is 7.83. The van der Waals surface area contributed by atoms with E-state index in [1.54, 1.807) is 0 Å². The summed E-state index contributed by atoms with van der Waals surface area (Å²) in [5, 5.41) is 7.86. The lowest BCUT2D eigenvalue weighted by Crippen LogP contribution is -2.42. The molecule has 2 aromatic rings. The lowest BCUT2D eigenvalue weighted by Gasteiger charge is -2.28. The zero-order chi connectivity index (χ0) is 17.8. The maximum atomic E-state index is 12.9. The molecule has 1 fully saturated rings. The molecule has 1 aliphatic rings. The van der Waals surface area contributed by atoms with Gasteiger partial charge < -0.3 is 10.2 Å². The number of benzene rings is 1. The Morgan fingerprint density at radius 1 is 1.32 bits per heavy atom. The summed E-state index contributed by atoms with van der Waals surface area (Å²) in [6, 6.07) is 10.4. The third kappa shape index (κ3) is 4.10. The fraction of sp³-hybridized carbons (Fsp3) is 0.500. The average molecular weight is 340 g/mol. The van der Waals surface area contributed by atoms with Crippen molar-refractivity contribution in [1.82, 2.24) is 20.0 Å². The highest BCUT2D eigenvalue weighted by atomic mass is 16.2. The minimum Gasteiger partial charge on any atom is -0.334 e. The summed E-state index contributed by atoms with van der Waals surface area (Å²) in [5.41, 5.74) is 4.12. The Morgan fingerprint density at radius 2 is 2.08 bits per heavy atom. The van der Waals surface area contributed by atoms with E-state index in [1.165, 1.54) is 0 Å². The van der Waals surface area contributed by atoms with Crippen LogP contribution in [0.5, 0.6) is 0 Å². The molecule has 3 rings (SSSR count). The first-order valence-electron chi connectivity index (χ1n) is 9.20. The normalized spacial score (nSPS) is 17.0. The molecule has 0 bridgehead atoms. The Hall–Kier alpha value is -2.14. The van der Waals surface area contributed by atoms with E-state index in [0.717, 1.165) is 61.5 Å². The van der Waals surface area contributed by atoms with Crippen molar-refractivity contribution < 1.29 is 4.79 Å². The molecular formula is C20H28N4O. The molecule has 1 amide bonds. The topological polar surface area (TPSA) is 50.2 Å². The molecule has 1 aromatic heterocycles. The Kier molecular flexibility index (Phi) is 5.53. The van der Waals surface area contributed by atoms with Gasteiger partial charge in [0.25, 0.3) is 5.91 Å². The van der Waals surface area contributed by atoms with Crippen molar-refractivity contribution in [3.8, 4) is 0 Å². The number of hydrogen-bond acceptors (Lipinski definition) is 3. The standard InChI is InChI=1S/C20H28N4O/c1-4-11-23(19-9-10-21-13-19)20(25)18-7-5-17(6-8-18)14-24-16(3)12-15(2)22-24/h5-8,12,19,21H,4,9-11,13-14H2,1-3H3. The molecule has 25 heavy (non-hydrogen) atoms. The number of hydrogen-bond donors (Lipinski definition) is 1. The molecule has 0 radical (unpaired) electrons. The van der Waals surface area contributed by atoms with Crippen molar-refractivity contribution in [1.29, 1.82) is 0 Å². The molecule has 0 aliphatic carbocycles. The molecule has 1 atom stereocenters. The van der Waals surface area contributed by atoms with E-state index in [-0.39, 0.29) is 5.91 Å². The summed E-state index contributed by atoms with van der Waals surface area (Å²) in [5.74, 6) is 0.146. The number of nitrogens with one attached hydrogen (secondary N) is 1. The minimum absolute atomic E-state index is 0.146. The van der Waals surface area contributed by atoms with Gasteiger partial charge in [-0.3, -0.25) is 9.48 Å². The van der Waals surface area contributed by atoms with E-state index < -0.39 is 0 Å². The van der Waals surface area contributed by atoms with Crippen molar-refractivity contribution in [3.05, 3.63) is 52.8 Å². The van der Waals surface area contributed by atoms with Gasteiger partial charge in [0.2, 0.25) is 0 Å². The number of rotatable bonds is 6. The first kappa shape index (κ1) is 17.7. The fourth-order valence-electron chi connectivity index (χ4n) is 3.52. The van der Waals surface area contributed by atoms with Gasteiger partial charge in [0.05, 0.1) is 12.2 Å². The minimum atomic E-state index is 0.146. The lowest BCUT2D eigenvalue weighted by molar-refractivity contribution is 0.0692. The number of nitrogens with zero attached hydrogens (tertiary/aromatic N) is 3. The number of aryl methyl sites for hydroxylation is 2. The zero-order valence-electron chi connectivity index (χ0n) is 15.5. The van der Waals surface area contributed by atoms with Crippen LogP contribution in [0.2, 0.25) is 0 Å². The van der Waals surface area contributed by atoms with Crippen molar-refractivity contribution in [2.75, 3.05) is 19.6 Å². The summed E-state index contributed by atoms with van der Waals surface area (Å²) in [4.78, 5) is 15.0. The molecule has 1 N–H and O–H groups in total. The van der Waals surface area contributed by atoms with Crippen LogP contribution in [-0.4, -0.2) is 46.3 Å². The third-order valence-corrected chi connectivity index (χ3v) is 4.84. The van der Waals surface area contributed by atoms with E-state index in [2.05, 4.69) is 30.3 Å². The van der Waals surface area contributed by atoms with Crippen molar-refractivity contribution in [2.45, 2.75) is 46.2 Å². The molecule has 5 nitrogen and oxygen atoms in total. The molecule has 0 spiro atoms. The van der Waals surface area contributed by atoms with Gasteiger partial charge in [-0.05, 0) is 57.0 Å². The van der Waals surface area contributed by atoms with E-state index in [1.807, 2.05) is 40.8 Å². The number of carbonyl (C=O) groups excluding carboxylic acids is 1. The molecule has 5 heteroatoms. The monoisotopic (exact) mass is 340 g/mol. The number of carbonyl (C=O) groups is 1. The zero-order valence-corrected chi connectivity index (χ0v) is 15.5. The molecule has 1 unspecified atom stereocenters. The van der Waals surface area contributed by atoms with Crippen molar-refractivity contribution >= 4 is 5.91 Å². The van der Waals surface area contributed by atoms with Crippen molar-refractivity contribution in [2.24, 2.45) is 0 Å². The predicted molar refractivity (Wildman–Crippen MR) is 99.8 cm³/mol. The van der Waals surface area contributed by atoms with Gasteiger partial charge in [-0.15, -0.1) is 0 Å². The smallest absolute Gasteiger partial charge is 0.254 e. The Bertz CT molecular complexity index is 714. The maximum Gasteiger partial charge on any atom is 0.254 e. The van der Waals surface area contributed by atoms with Crippen molar-refractivity contribution in [3.63, 3.8) is 0 Å². The Labute approximate surface area is 150 Å². The lowest BCUT2D eigenvalue weighted by atomic mass is 10.1. The van der Waals surface area contributed by atoms with Gasteiger partial charge in [0.15, 0.2) is 0 Å². The quantitative estimate of drug-likeness (QED) is 0.880. The summed E-state index contributed by atoms with van der Waals surface area (Å²) in [7, 11) is 0. The molecule has 134 valence electrons. The van der Waals surface area contributed by atoms with Gasteiger partial charge in [0.1, 0.15) is 0 Å². The van der Waals surface area contributed by atoms with Crippen LogP contribution in [0, 0.1) is 13.8 Å². The van der Waals surface area contributed by atoms with Crippen LogP contribution in [0.1, 0.15) is 47.1 Å². The summed E-state index contributed by atoms with van der Waals surface area (Å²) >= 11 is 0. The second-order valence-electron chi connectivity index (χ2n) is 6.93. The molecule has 2 heterocycles. The molecule has 1 aromatic carbocycles. The molecular weight excluding hydrogens is 312 g/mol. The van der Waals surface area contributed by atoms with Crippen LogP contribution in [0.4, 0.5) is 0 Å². The van der Waals surface area contributed by atoms with E-state index in [9.17, 15) is 4.79 Å². The highest BCUT2D eigenvalue weighted by Gasteiger charge is 2.26. The van der Waals surface area contributed by atoms with Crippen LogP contribution < -0.4 is 5.32 Å². The highest BCUT2D eigenvalue weighted by molar-refractivity contribution is 5.94. The highest BCUT2D eigenvalue weighted by Crippen LogP contribution is 2.16. The molecule has 0 saturated carbocycles. The maximum absolute atomic E-state index is 12.9. The third-order valence-electron chi connectivity index (χ3n) is 4.84. The van der Waals surface area contributed by atoms with Gasteiger partial charge >= 0.3 is 0 Å². The van der Waals surface area contributed by atoms with Gasteiger partial charge in [-0.25, -0.2) is 0 Å². The van der Waals surface area contributed by atoms with E-state index in [4.69, 9.17) is 0 Å². The largest absolute Gasteiger partial charge is 0.334 e. The van der Waals surface area contributed by atoms with Gasteiger partial charge in [0, 0.05) is 30.4 Å². The number of aromatic nitrogens is 2. The second-order valence-corrected chi connectivity index (χ2v) is 6.93. The van der Waals surface area contributed by atoms with Crippen LogP contribution in [0.25, 0.3) is 0 Å². The van der Waals surface area contributed by atoms with Crippen LogP contribution in [0.15, 0.2) is 30.3 Å². The summed E-state index contributed by atoms with van der Waals surface area (Å²) < 4.78 is 2.00. The van der Waals surface area contributed by atoms with E-state index >= 15 is 0 Å². The predicted octanol–water partition coefficient (Wildman–Crippen LogP) is 2.76. The van der Waals surface area contributed by atoms with Crippen LogP contribution >= 0.6 is 0 Å². The Balaban J connectivity index is 1.71. The SMILES string of the molecule is CCCN(C(=O)c1ccc(Cn2nc(C)cc2C)cc1)C1CCNC1. The fourth-order valence-corrected chi connectivity index (χ4v) is 3.52. The Morgan fingerprint density at radius 3 is 2.64 bits per heavy atom. The first-order valence-corrected chi connectivity index (χ1v) is 9.20. The van der Waals surface area contributed by atoms with Crippen LogP contribution in [0.3, 0.4) is 0 Å². The number of amides is 1. The van der Waals surface area contributed by atoms with Gasteiger partial charge in [-0.1, -0.05) is 19.1 Å². The first-order chi connectivity index (χ1) is 12.1.